The van der Waals surface area contributed by atoms with Gasteiger partial charge < -0.3 is 9.15 Å². The summed E-state index contributed by atoms with van der Waals surface area (Å²) >= 11 is 0. The molecule has 0 radical (unpaired) electrons. The first-order chi connectivity index (χ1) is 11.7. The molecule has 0 spiro atoms. The van der Waals surface area contributed by atoms with Crippen LogP contribution < -0.4 is 0 Å². The summed E-state index contributed by atoms with van der Waals surface area (Å²) in [5.41, 5.74) is 2.60. The van der Waals surface area contributed by atoms with Crippen LogP contribution in [0.4, 0.5) is 0 Å². The molecule has 0 N–H and O–H groups in total. The Kier molecular flexibility index (Phi) is 4.46. The van der Waals surface area contributed by atoms with E-state index in [4.69, 9.17) is 14.3 Å². The second-order valence-corrected chi connectivity index (χ2v) is 7.23. The van der Waals surface area contributed by atoms with Gasteiger partial charge in [-0.15, -0.1) is 0 Å². The first-order valence-corrected chi connectivity index (χ1v) is 9.13. The Morgan fingerprint density at radius 1 is 1.33 bits per heavy atom. The van der Waals surface area contributed by atoms with E-state index in [0.717, 1.165) is 56.8 Å². The maximum absolute atomic E-state index is 5.76. The molecule has 1 saturated carbocycles. The van der Waals surface area contributed by atoms with Gasteiger partial charge in [-0.1, -0.05) is 0 Å². The highest BCUT2D eigenvalue weighted by Crippen LogP contribution is 2.33. The maximum Gasteiger partial charge on any atom is 0.118 e. The molecule has 2 aliphatic rings. The lowest BCUT2D eigenvalue weighted by atomic mass is 9.95. The third kappa shape index (κ3) is 3.57. The number of nitrogens with zero attached hydrogens (tertiary/aromatic N) is 3. The molecular weight excluding hydrogens is 302 g/mol. The molecule has 1 aliphatic carbocycles. The third-order valence-corrected chi connectivity index (χ3v) is 5.00. The van der Waals surface area contributed by atoms with Crippen molar-refractivity contribution in [1.82, 2.24) is 14.7 Å². The average molecular weight is 329 g/mol. The molecule has 24 heavy (non-hydrogen) atoms. The van der Waals surface area contributed by atoms with E-state index in [1.165, 1.54) is 24.1 Å². The molecule has 130 valence electrons. The van der Waals surface area contributed by atoms with Crippen molar-refractivity contribution >= 4 is 0 Å². The van der Waals surface area contributed by atoms with Crippen LogP contribution in [0.1, 0.15) is 48.5 Å². The van der Waals surface area contributed by atoms with Crippen molar-refractivity contribution in [2.75, 3.05) is 19.8 Å². The zero-order valence-electron chi connectivity index (χ0n) is 14.7. The van der Waals surface area contributed by atoms with Gasteiger partial charge in [0.2, 0.25) is 0 Å². The predicted molar refractivity (Wildman–Crippen MR) is 91.7 cm³/mol. The number of hydrogen-bond donors (Lipinski definition) is 0. The standard InChI is InChI=1S/C19H27N3O2/c1-3-23-13-16-9-21(10-17-7-4-14(2)24-17)12-19-18(16)11-22(20-19)8-15-5-6-15/h4,7,11,15-16H,3,5-6,8-10,12-13H2,1-2H3. The van der Waals surface area contributed by atoms with Crippen LogP contribution in [0.5, 0.6) is 0 Å². The Balaban J connectivity index is 1.51. The molecule has 5 nitrogen and oxygen atoms in total. The number of furan rings is 1. The van der Waals surface area contributed by atoms with Gasteiger partial charge in [0.05, 0.1) is 18.8 Å². The van der Waals surface area contributed by atoms with Crippen molar-refractivity contribution in [3.8, 4) is 0 Å². The number of aromatic nitrogens is 2. The minimum absolute atomic E-state index is 0.401. The summed E-state index contributed by atoms with van der Waals surface area (Å²) in [6, 6.07) is 4.11. The largest absolute Gasteiger partial charge is 0.465 e. The van der Waals surface area contributed by atoms with Gasteiger partial charge in [-0.05, 0) is 44.7 Å². The van der Waals surface area contributed by atoms with Gasteiger partial charge in [0.25, 0.3) is 0 Å². The monoisotopic (exact) mass is 329 g/mol. The average Bonchev–Trinajstić information content (AvgIpc) is 3.13. The summed E-state index contributed by atoms with van der Waals surface area (Å²) in [4.78, 5) is 2.43. The molecule has 5 heteroatoms. The molecule has 1 unspecified atom stereocenters. The first-order valence-electron chi connectivity index (χ1n) is 9.13. The zero-order valence-corrected chi connectivity index (χ0v) is 14.7. The number of hydrogen-bond acceptors (Lipinski definition) is 4. The van der Waals surface area contributed by atoms with Crippen molar-refractivity contribution in [2.24, 2.45) is 5.92 Å². The van der Waals surface area contributed by atoms with E-state index < -0.39 is 0 Å². The Labute approximate surface area is 143 Å². The molecule has 0 saturated heterocycles. The van der Waals surface area contributed by atoms with Crippen LogP contribution >= 0.6 is 0 Å². The van der Waals surface area contributed by atoms with E-state index in [0.29, 0.717) is 5.92 Å². The van der Waals surface area contributed by atoms with Crippen LogP contribution in [0, 0.1) is 12.8 Å². The highest BCUT2D eigenvalue weighted by molar-refractivity contribution is 5.26. The van der Waals surface area contributed by atoms with Crippen LogP contribution in [-0.2, 0) is 24.4 Å². The maximum atomic E-state index is 5.76. The summed E-state index contributed by atoms with van der Waals surface area (Å²) in [6.07, 6.45) is 4.99. The SMILES string of the molecule is CCOCC1CN(Cc2ccc(C)o2)Cc2nn(CC3CC3)cc21. The van der Waals surface area contributed by atoms with Crippen LogP contribution in [0.3, 0.4) is 0 Å². The minimum atomic E-state index is 0.401. The van der Waals surface area contributed by atoms with Gasteiger partial charge in [0.1, 0.15) is 11.5 Å². The normalized spacial score (nSPS) is 21.2. The molecule has 4 rings (SSSR count). The molecule has 0 aromatic carbocycles. The highest BCUT2D eigenvalue weighted by atomic mass is 16.5. The van der Waals surface area contributed by atoms with E-state index in [9.17, 15) is 0 Å². The lowest BCUT2D eigenvalue weighted by molar-refractivity contribution is 0.102. The second kappa shape index (κ2) is 6.73. The van der Waals surface area contributed by atoms with Gasteiger partial charge in [-0.25, -0.2) is 0 Å². The molecule has 2 aromatic rings. The smallest absolute Gasteiger partial charge is 0.118 e. The fourth-order valence-electron chi connectivity index (χ4n) is 3.60. The molecule has 2 aromatic heterocycles. The van der Waals surface area contributed by atoms with Gasteiger partial charge in [-0.2, -0.15) is 5.10 Å². The molecule has 1 aliphatic heterocycles. The van der Waals surface area contributed by atoms with Crippen molar-refractivity contribution in [2.45, 2.75) is 52.2 Å². The Morgan fingerprint density at radius 3 is 2.92 bits per heavy atom. The summed E-state index contributed by atoms with van der Waals surface area (Å²) in [5, 5.41) is 4.88. The predicted octanol–water partition coefficient (Wildman–Crippen LogP) is 3.33. The summed E-state index contributed by atoms with van der Waals surface area (Å²) < 4.78 is 13.7. The topological polar surface area (TPSA) is 43.4 Å². The highest BCUT2D eigenvalue weighted by Gasteiger charge is 2.30. The molecule has 0 bridgehead atoms. The second-order valence-electron chi connectivity index (χ2n) is 7.23. The van der Waals surface area contributed by atoms with Gasteiger partial charge in [0, 0.05) is 43.9 Å². The van der Waals surface area contributed by atoms with Crippen molar-refractivity contribution in [3.05, 3.63) is 41.1 Å². The van der Waals surface area contributed by atoms with Crippen LogP contribution in [0.2, 0.25) is 0 Å². The van der Waals surface area contributed by atoms with E-state index in [1.54, 1.807) is 0 Å². The minimum Gasteiger partial charge on any atom is -0.465 e. The van der Waals surface area contributed by atoms with E-state index >= 15 is 0 Å². The van der Waals surface area contributed by atoms with E-state index in [-0.39, 0.29) is 0 Å². The third-order valence-electron chi connectivity index (χ3n) is 5.00. The van der Waals surface area contributed by atoms with Crippen LogP contribution in [0.25, 0.3) is 0 Å². The first kappa shape index (κ1) is 15.9. The summed E-state index contributed by atoms with van der Waals surface area (Å²) in [6.45, 7) is 9.40. The summed E-state index contributed by atoms with van der Waals surface area (Å²) in [7, 11) is 0. The molecule has 1 fully saturated rings. The van der Waals surface area contributed by atoms with Crippen LogP contribution in [0.15, 0.2) is 22.7 Å². The van der Waals surface area contributed by atoms with E-state index in [1.807, 2.05) is 13.0 Å². The summed E-state index contributed by atoms with van der Waals surface area (Å²) in [5.74, 6) is 3.25. The fourth-order valence-corrected chi connectivity index (χ4v) is 3.60. The Hall–Kier alpha value is -1.59. The van der Waals surface area contributed by atoms with Crippen LogP contribution in [-0.4, -0.2) is 34.4 Å². The number of rotatable bonds is 7. The lowest BCUT2D eigenvalue weighted by Crippen LogP contribution is -2.34. The van der Waals surface area contributed by atoms with Crippen molar-refractivity contribution < 1.29 is 9.15 Å². The van der Waals surface area contributed by atoms with Gasteiger partial charge >= 0.3 is 0 Å². The number of aryl methyl sites for hydroxylation is 1. The molecule has 1 atom stereocenters. The number of ether oxygens (including phenoxy) is 1. The lowest BCUT2D eigenvalue weighted by Gasteiger charge is -2.31. The Morgan fingerprint density at radius 2 is 2.21 bits per heavy atom. The number of fused-ring (bicyclic) bond motifs is 1. The van der Waals surface area contributed by atoms with Crippen molar-refractivity contribution in [3.63, 3.8) is 0 Å². The molecular formula is C19H27N3O2. The Bertz CT molecular complexity index is 687. The molecule has 3 heterocycles. The van der Waals surface area contributed by atoms with Crippen molar-refractivity contribution in [1.29, 1.82) is 0 Å². The van der Waals surface area contributed by atoms with E-state index in [2.05, 4.69) is 28.8 Å². The zero-order chi connectivity index (χ0) is 16.5. The quantitative estimate of drug-likeness (QED) is 0.781. The fraction of sp³-hybridized carbons (Fsp3) is 0.632. The molecule has 0 amide bonds. The van der Waals surface area contributed by atoms with Gasteiger partial charge in [-0.3, -0.25) is 9.58 Å². The van der Waals surface area contributed by atoms with Gasteiger partial charge in [0.15, 0.2) is 0 Å².